The van der Waals surface area contributed by atoms with Crippen molar-refractivity contribution in [1.29, 1.82) is 0 Å². The largest absolute Gasteiger partial charge is 0.414 e. The molecule has 0 amide bonds. The van der Waals surface area contributed by atoms with E-state index in [9.17, 15) is 13.7 Å². The predicted molar refractivity (Wildman–Crippen MR) is 187 cm³/mol. The van der Waals surface area contributed by atoms with Gasteiger partial charge in [0, 0.05) is 25.9 Å². The summed E-state index contributed by atoms with van der Waals surface area (Å²) in [5.41, 5.74) is 0.713. The fourth-order valence-electron chi connectivity index (χ4n) is 5.18. The number of methoxy groups -OCH3 is 1. The standard InChI is InChI=1S/C34H62O8SSi2/c1-24(2)25(3)29(41-35)21-30-28(23-43(36,37)27-18-16-15-17-19-27)32(38-10)31(40-30)20-26(42-45(13,14)34(7,8)9)22-39-44(11,12)33(4,5)6/h15-19,24,26,28-32,35H,3,20-23H2,1-2,4-14H3/t26?,28?,29-,30?,31-,32-/m1/s1. The quantitative estimate of drug-likeness (QED) is 0.0806. The first kappa shape index (κ1) is 40.3. The lowest BCUT2D eigenvalue weighted by Crippen LogP contribution is -2.49. The summed E-state index contributed by atoms with van der Waals surface area (Å²) in [5, 5.41) is 9.88. The van der Waals surface area contributed by atoms with Crippen LogP contribution in [0.25, 0.3) is 0 Å². The normalized spacial score (nSPS) is 23.4. The molecule has 6 atom stereocenters. The van der Waals surface area contributed by atoms with Crippen LogP contribution in [-0.2, 0) is 33.1 Å². The topological polar surface area (TPSA) is 101 Å². The van der Waals surface area contributed by atoms with Crippen molar-refractivity contribution in [3.8, 4) is 0 Å². The van der Waals surface area contributed by atoms with Gasteiger partial charge in [0.2, 0.25) is 0 Å². The molecule has 1 saturated heterocycles. The molecule has 0 radical (unpaired) electrons. The minimum absolute atomic E-state index is 0.0167. The van der Waals surface area contributed by atoms with E-state index in [-0.39, 0.29) is 39.2 Å². The average molecular weight is 687 g/mol. The molecule has 2 rings (SSSR count). The van der Waals surface area contributed by atoms with Crippen molar-refractivity contribution in [2.24, 2.45) is 11.8 Å². The zero-order valence-corrected chi connectivity index (χ0v) is 33.0. The second-order valence-electron chi connectivity index (χ2n) is 16.0. The summed E-state index contributed by atoms with van der Waals surface area (Å²) in [5.74, 6) is -0.631. The second-order valence-corrected chi connectivity index (χ2v) is 27.6. The molecule has 1 aromatic carbocycles. The molecular weight excluding hydrogens is 625 g/mol. The Bertz CT molecular complexity index is 1190. The van der Waals surface area contributed by atoms with Crippen LogP contribution in [0.5, 0.6) is 0 Å². The molecule has 0 saturated carbocycles. The third-order valence-corrected chi connectivity index (χ3v) is 21.2. The molecular formula is C34H62O8SSi2. The third kappa shape index (κ3) is 10.5. The minimum atomic E-state index is -3.67. The molecule has 1 N–H and O–H groups in total. The van der Waals surface area contributed by atoms with Gasteiger partial charge < -0.3 is 18.3 Å². The Labute approximate surface area is 276 Å². The van der Waals surface area contributed by atoms with Crippen LogP contribution in [0, 0.1) is 11.8 Å². The Morgan fingerprint density at radius 2 is 1.51 bits per heavy atom. The fourth-order valence-corrected chi connectivity index (χ4v) is 9.24. The number of sulfone groups is 1. The van der Waals surface area contributed by atoms with Gasteiger partial charge in [0.05, 0.1) is 41.7 Å². The van der Waals surface area contributed by atoms with Gasteiger partial charge in [-0.2, -0.15) is 0 Å². The van der Waals surface area contributed by atoms with E-state index in [1.807, 2.05) is 13.8 Å². The van der Waals surface area contributed by atoms with Gasteiger partial charge in [-0.1, -0.05) is 80.2 Å². The molecule has 1 aliphatic rings. The highest BCUT2D eigenvalue weighted by atomic mass is 32.2. The monoisotopic (exact) mass is 686 g/mol. The van der Waals surface area contributed by atoms with Crippen molar-refractivity contribution < 1.29 is 36.9 Å². The minimum Gasteiger partial charge on any atom is -0.414 e. The van der Waals surface area contributed by atoms with Crippen molar-refractivity contribution in [3.05, 3.63) is 42.5 Å². The summed E-state index contributed by atoms with van der Waals surface area (Å²) in [6.07, 6.45) is -1.82. The van der Waals surface area contributed by atoms with E-state index < -0.39 is 56.8 Å². The highest BCUT2D eigenvalue weighted by molar-refractivity contribution is 7.91. The summed E-state index contributed by atoms with van der Waals surface area (Å²) in [6, 6.07) is 8.46. The highest BCUT2D eigenvalue weighted by Crippen LogP contribution is 2.42. The van der Waals surface area contributed by atoms with Crippen LogP contribution >= 0.6 is 0 Å². The molecule has 1 heterocycles. The number of benzene rings is 1. The molecule has 1 aliphatic heterocycles. The summed E-state index contributed by atoms with van der Waals surface area (Å²) in [6.45, 7) is 30.7. The van der Waals surface area contributed by atoms with Crippen LogP contribution in [-0.4, -0.2) is 80.3 Å². The number of rotatable bonds is 16. The summed E-state index contributed by atoms with van der Waals surface area (Å²) >= 11 is 0. The maximum Gasteiger partial charge on any atom is 0.192 e. The zero-order chi connectivity index (χ0) is 34.6. The van der Waals surface area contributed by atoms with E-state index >= 15 is 0 Å². The second kappa shape index (κ2) is 15.5. The fraction of sp³-hybridized carbons (Fsp3) is 0.765. The maximum atomic E-state index is 13.7. The smallest absolute Gasteiger partial charge is 0.192 e. The first-order valence-corrected chi connectivity index (χ1v) is 23.7. The van der Waals surface area contributed by atoms with Crippen molar-refractivity contribution in [2.75, 3.05) is 19.5 Å². The lowest BCUT2D eigenvalue weighted by molar-refractivity contribution is -0.275. The molecule has 11 heteroatoms. The van der Waals surface area contributed by atoms with Crippen LogP contribution in [0.2, 0.25) is 36.3 Å². The third-order valence-electron chi connectivity index (χ3n) is 10.3. The Hall–Kier alpha value is -0.896. The Balaban J connectivity index is 2.50. The Morgan fingerprint density at radius 1 is 0.956 bits per heavy atom. The molecule has 45 heavy (non-hydrogen) atoms. The van der Waals surface area contributed by atoms with Crippen LogP contribution in [0.3, 0.4) is 0 Å². The molecule has 3 unspecified atom stereocenters. The van der Waals surface area contributed by atoms with Gasteiger partial charge in [-0.25, -0.2) is 13.3 Å². The summed E-state index contributed by atoms with van der Waals surface area (Å²) < 4.78 is 53.9. The van der Waals surface area contributed by atoms with Gasteiger partial charge >= 0.3 is 0 Å². The van der Waals surface area contributed by atoms with E-state index in [0.717, 1.165) is 0 Å². The van der Waals surface area contributed by atoms with Crippen LogP contribution in [0.1, 0.15) is 68.2 Å². The van der Waals surface area contributed by atoms with Gasteiger partial charge in [-0.15, -0.1) is 0 Å². The zero-order valence-electron chi connectivity index (χ0n) is 30.2. The first-order chi connectivity index (χ1) is 20.5. The number of hydrogen-bond acceptors (Lipinski definition) is 8. The number of ether oxygens (including phenoxy) is 2. The van der Waals surface area contributed by atoms with Gasteiger partial charge in [0.1, 0.15) is 6.10 Å². The van der Waals surface area contributed by atoms with E-state index in [1.165, 1.54) is 0 Å². The average Bonchev–Trinajstić information content (AvgIpc) is 3.23. The molecule has 8 nitrogen and oxygen atoms in total. The molecule has 0 spiro atoms. The molecule has 1 aromatic rings. The van der Waals surface area contributed by atoms with Crippen molar-refractivity contribution in [3.63, 3.8) is 0 Å². The van der Waals surface area contributed by atoms with Gasteiger partial charge in [-0.05, 0) is 59.9 Å². The molecule has 1 fully saturated rings. The van der Waals surface area contributed by atoms with Crippen LogP contribution in [0.15, 0.2) is 47.4 Å². The number of hydrogen-bond donors (Lipinski definition) is 1. The van der Waals surface area contributed by atoms with Gasteiger partial charge in [0.25, 0.3) is 0 Å². The van der Waals surface area contributed by atoms with Crippen molar-refractivity contribution in [2.45, 2.75) is 140 Å². The highest BCUT2D eigenvalue weighted by Gasteiger charge is 2.50. The first-order valence-electron chi connectivity index (χ1n) is 16.2. The molecule has 0 aliphatic carbocycles. The summed E-state index contributed by atoms with van der Waals surface area (Å²) in [7, 11) is -6.37. The van der Waals surface area contributed by atoms with Crippen molar-refractivity contribution in [1.82, 2.24) is 0 Å². The maximum absolute atomic E-state index is 13.7. The van der Waals surface area contributed by atoms with Crippen LogP contribution in [0.4, 0.5) is 0 Å². The van der Waals surface area contributed by atoms with E-state index in [2.05, 4.69) is 74.3 Å². The lowest BCUT2D eigenvalue weighted by atomic mass is 9.89. The Morgan fingerprint density at radius 3 is 1.98 bits per heavy atom. The predicted octanol–water partition coefficient (Wildman–Crippen LogP) is 8.12. The Kier molecular flexibility index (Phi) is 13.9. The van der Waals surface area contributed by atoms with E-state index in [1.54, 1.807) is 37.4 Å². The van der Waals surface area contributed by atoms with E-state index in [4.69, 9.17) is 23.2 Å². The molecule has 0 bridgehead atoms. The van der Waals surface area contributed by atoms with Gasteiger partial charge in [-0.3, -0.25) is 5.26 Å². The molecule has 0 aromatic heterocycles. The van der Waals surface area contributed by atoms with Crippen molar-refractivity contribution >= 4 is 26.5 Å². The van der Waals surface area contributed by atoms with Crippen LogP contribution < -0.4 is 0 Å². The lowest BCUT2D eigenvalue weighted by Gasteiger charge is -2.42. The SMILES string of the molecule is C=C(C(C)C)[C@@H](CC1O[C@H](CC(CO[Si](C)(C)C(C)(C)C)O[Si](C)(C)C(C)(C)C)[C@H](OC)C1CS(=O)(=O)c1ccccc1)OO. The summed E-state index contributed by atoms with van der Waals surface area (Å²) in [4.78, 5) is 5.15. The van der Waals surface area contributed by atoms with E-state index in [0.29, 0.717) is 18.6 Å². The molecule has 260 valence electrons. The van der Waals surface area contributed by atoms with Gasteiger partial charge in [0.15, 0.2) is 26.5 Å².